The molecule has 128 valence electrons. The van der Waals surface area contributed by atoms with E-state index >= 15 is 0 Å². The Kier molecular flexibility index (Phi) is 5.05. The van der Waals surface area contributed by atoms with Gasteiger partial charge < -0.3 is 0 Å². The monoisotopic (exact) mass is 348 g/mol. The van der Waals surface area contributed by atoms with Gasteiger partial charge >= 0.3 is 0 Å². The number of sulfonamides is 1. The predicted octanol–water partition coefficient (Wildman–Crippen LogP) is 3.59. The molecule has 6 nitrogen and oxygen atoms in total. The van der Waals surface area contributed by atoms with Crippen molar-refractivity contribution in [2.75, 3.05) is 7.05 Å². The highest BCUT2D eigenvalue weighted by Gasteiger charge is 2.28. The minimum Gasteiger partial charge on any atom is -0.258 e. The van der Waals surface area contributed by atoms with Gasteiger partial charge in [-0.2, -0.15) is 4.31 Å². The summed E-state index contributed by atoms with van der Waals surface area (Å²) in [5.74, 6) is 0. The van der Waals surface area contributed by atoms with Gasteiger partial charge in [-0.3, -0.25) is 10.1 Å². The van der Waals surface area contributed by atoms with Crippen molar-refractivity contribution in [1.29, 1.82) is 0 Å². The van der Waals surface area contributed by atoms with Crippen LogP contribution in [0.4, 0.5) is 5.69 Å². The molecule has 7 heteroatoms. The maximum Gasteiger partial charge on any atom is 0.269 e. The first-order valence-electron chi connectivity index (χ1n) is 7.44. The van der Waals surface area contributed by atoms with E-state index < -0.39 is 21.0 Å². The number of non-ortho nitro benzene ring substituents is 1. The van der Waals surface area contributed by atoms with Gasteiger partial charge in [0.2, 0.25) is 10.0 Å². The number of hydrogen-bond donors (Lipinski definition) is 0. The average molecular weight is 348 g/mol. The summed E-state index contributed by atoms with van der Waals surface area (Å²) in [6.45, 7) is 5.29. The molecule has 0 bridgehead atoms. The molecular weight excluding hydrogens is 328 g/mol. The first kappa shape index (κ1) is 18.1. The third-order valence-electron chi connectivity index (χ3n) is 4.11. The van der Waals surface area contributed by atoms with Gasteiger partial charge in [-0.25, -0.2) is 8.42 Å². The van der Waals surface area contributed by atoms with Gasteiger partial charge in [0, 0.05) is 25.2 Å². The molecule has 2 aromatic carbocycles. The molecule has 2 aromatic rings. The van der Waals surface area contributed by atoms with Gasteiger partial charge in [-0.1, -0.05) is 24.3 Å². The third kappa shape index (κ3) is 3.47. The van der Waals surface area contributed by atoms with Crippen molar-refractivity contribution in [3.05, 3.63) is 69.3 Å². The molecule has 1 atom stereocenters. The maximum atomic E-state index is 12.9. The fourth-order valence-corrected chi connectivity index (χ4v) is 4.11. The SMILES string of the molecule is Cc1ccc(C)c(S(=O)(=O)N(C)C(C)c2cccc([N+](=O)[O-])c2)c1. The van der Waals surface area contributed by atoms with Crippen molar-refractivity contribution in [3.63, 3.8) is 0 Å². The molecule has 0 fully saturated rings. The number of nitro benzene ring substituents is 1. The van der Waals surface area contributed by atoms with Crippen molar-refractivity contribution in [3.8, 4) is 0 Å². The van der Waals surface area contributed by atoms with Crippen LogP contribution < -0.4 is 0 Å². The summed E-state index contributed by atoms with van der Waals surface area (Å²) in [7, 11) is -2.22. The standard InChI is InChI=1S/C17H20N2O4S/c1-12-8-9-13(2)17(10-12)24(22,23)18(4)14(3)15-6-5-7-16(11-15)19(20)21/h5-11,14H,1-4H3. The van der Waals surface area contributed by atoms with E-state index in [-0.39, 0.29) is 10.6 Å². The smallest absolute Gasteiger partial charge is 0.258 e. The Balaban J connectivity index is 2.42. The fraction of sp³-hybridized carbons (Fsp3) is 0.294. The molecule has 0 aliphatic heterocycles. The van der Waals surface area contributed by atoms with Crippen molar-refractivity contribution >= 4 is 15.7 Å². The van der Waals surface area contributed by atoms with Crippen molar-refractivity contribution in [2.24, 2.45) is 0 Å². The second-order valence-corrected chi connectivity index (χ2v) is 7.78. The van der Waals surface area contributed by atoms with Gasteiger partial charge in [0.05, 0.1) is 9.82 Å². The summed E-state index contributed by atoms with van der Waals surface area (Å²) in [5.41, 5.74) is 2.03. The zero-order chi connectivity index (χ0) is 18.1. The molecule has 0 spiro atoms. The molecule has 0 aliphatic carbocycles. The van der Waals surface area contributed by atoms with Crippen molar-refractivity contribution < 1.29 is 13.3 Å². The fourth-order valence-electron chi connectivity index (χ4n) is 2.46. The lowest BCUT2D eigenvalue weighted by Crippen LogP contribution is -2.30. The molecule has 0 radical (unpaired) electrons. The second-order valence-electron chi connectivity index (χ2n) is 5.82. The van der Waals surface area contributed by atoms with Crippen LogP contribution in [0.5, 0.6) is 0 Å². The Morgan fingerprint density at radius 1 is 1.12 bits per heavy atom. The summed E-state index contributed by atoms with van der Waals surface area (Å²) >= 11 is 0. The quantitative estimate of drug-likeness (QED) is 0.611. The highest BCUT2D eigenvalue weighted by Crippen LogP contribution is 2.29. The molecule has 0 saturated heterocycles. The highest BCUT2D eigenvalue weighted by molar-refractivity contribution is 7.89. The summed E-state index contributed by atoms with van der Waals surface area (Å²) in [5, 5.41) is 10.9. The molecular formula is C17H20N2O4S. The second kappa shape index (κ2) is 6.70. The van der Waals surface area contributed by atoms with E-state index in [0.29, 0.717) is 11.1 Å². The van der Waals surface area contributed by atoms with E-state index in [1.807, 2.05) is 13.0 Å². The van der Waals surface area contributed by atoms with Gasteiger partial charge in [-0.15, -0.1) is 0 Å². The summed E-state index contributed by atoms with van der Waals surface area (Å²) in [6, 6.07) is 10.8. The molecule has 24 heavy (non-hydrogen) atoms. The topological polar surface area (TPSA) is 80.5 Å². The number of nitrogens with zero attached hydrogens (tertiary/aromatic N) is 2. The van der Waals surface area contributed by atoms with E-state index in [1.54, 1.807) is 38.1 Å². The molecule has 0 heterocycles. The first-order valence-corrected chi connectivity index (χ1v) is 8.88. The molecule has 0 aromatic heterocycles. The van der Waals surface area contributed by atoms with Crippen LogP contribution in [0.1, 0.15) is 29.7 Å². The Morgan fingerprint density at radius 3 is 2.42 bits per heavy atom. The summed E-state index contributed by atoms with van der Waals surface area (Å²) in [6.07, 6.45) is 0. The number of rotatable bonds is 5. The van der Waals surface area contributed by atoms with Gasteiger partial charge in [0.1, 0.15) is 0 Å². The van der Waals surface area contributed by atoms with Crippen LogP contribution in [-0.4, -0.2) is 24.7 Å². The molecule has 0 amide bonds. The Bertz CT molecular complexity index is 878. The summed E-state index contributed by atoms with van der Waals surface area (Å²) < 4.78 is 27.1. The Hall–Kier alpha value is -2.25. The Morgan fingerprint density at radius 2 is 1.79 bits per heavy atom. The molecule has 1 unspecified atom stereocenters. The van der Waals surface area contributed by atoms with Crippen molar-refractivity contribution in [2.45, 2.75) is 31.7 Å². The highest BCUT2D eigenvalue weighted by atomic mass is 32.2. The zero-order valence-corrected chi connectivity index (χ0v) is 14.9. The largest absolute Gasteiger partial charge is 0.269 e. The molecule has 2 rings (SSSR count). The van der Waals surface area contributed by atoms with Gasteiger partial charge in [-0.05, 0) is 43.5 Å². The number of nitro groups is 1. The minimum absolute atomic E-state index is 0.0584. The molecule has 0 aliphatic rings. The number of aryl methyl sites for hydroxylation is 2. The van der Waals surface area contributed by atoms with Crippen LogP contribution in [0.2, 0.25) is 0 Å². The lowest BCUT2D eigenvalue weighted by Gasteiger charge is -2.25. The van der Waals surface area contributed by atoms with E-state index in [1.165, 1.54) is 23.5 Å². The van der Waals surface area contributed by atoms with Crippen LogP contribution in [-0.2, 0) is 10.0 Å². The summed E-state index contributed by atoms with van der Waals surface area (Å²) in [4.78, 5) is 10.7. The van der Waals surface area contributed by atoms with Crippen LogP contribution in [0.25, 0.3) is 0 Å². The normalized spacial score (nSPS) is 13.0. The van der Waals surface area contributed by atoms with Crippen LogP contribution in [0.3, 0.4) is 0 Å². The van der Waals surface area contributed by atoms with E-state index in [2.05, 4.69) is 0 Å². The lowest BCUT2D eigenvalue weighted by molar-refractivity contribution is -0.384. The maximum absolute atomic E-state index is 12.9. The predicted molar refractivity (Wildman–Crippen MR) is 92.4 cm³/mol. The van der Waals surface area contributed by atoms with E-state index in [0.717, 1.165) is 5.56 Å². The van der Waals surface area contributed by atoms with E-state index in [9.17, 15) is 18.5 Å². The zero-order valence-electron chi connectivity index (χ0n) is 14.1. The lowest BCUT2D eigenvalue weighted by atomic mass is 10.1. The Labute approximate surface area is 141 Å². The first-order chi connectivity index (χ1) is 11.1. The minimum atomic E-state index is -3.71. The van der Waals surface area contributed by atoms with Crippen LogP contribution in [0.15, 0.2) is 47.4 Å². The number of hydrogen-bond acceptors (Lipinski definition) is 4. The molecule has 0 N–H and O–H groups in total. The van der Waals surface area contributed by atoms with Crippen LogP contribution >= 0.6 is 0 Å². The molecule has 0 saturated carbocycles. The van der Waals surface area contributed by atoms with Gasteiger partial charge in [0.25, 0.3) is 5.69 Å². The third-order valence-corrected chi connectivity index (χ3v) is 6.18. The number of benzene rings is 2. The van der Waals surface area contributed by atoms with Crippen molar-refractivity contribution in [1.82, 2.24) is 4.31 Å². The average Bonchev–Trinajstić information content (AvgIpc) is 2.55. The van der Waals surface area contributed by atoms with Gasteiger partial charge in [0.15, 0.2) is 0 Å². The van der Waals surface area contributed by atoms with E-state index in [4.69, 9.17) is 0 Å². The van der Waals surface area contributed by atoms with Crippen LogP contribution in [0, 0.1) is 24.0 Å².